The van der Waals surface area contributed by atoms with Gasteiger partial charge in [0, 0.05) is 17.8 Å². The molecule has 4 nitrogen and oxygen atoms in total. The predicted octanol–water partition coefficient (Wildman–Crippen LogP) is 2.95. The molecular formula is C21H24F2O4S. The minimum atomic E-state index is -2.40. The Morgan fingerprint density at radius 1 is 1.25 bits per heavy atom. The summed E-state index contributed by atoms with van der Waals surface area (Å²) in [6, 6.07) is 0. The number of thiol groups is 1. The molecule has 0 bridgehead atoms. The number of aliphatic hydroxyl groups is 1. The summed E-state index contributed by atoms with van der Waals surface area (Å²) in [5, 5.41) is 10.5. The average molecular weight is 410 g/mol. The van der Waals surface area contributed by atoms with Gasteiger partial charge in [-0.2, -0.15) is 0 Å². The largest absolute Gasteiger partial charge is 0.380 e. The summed E-state index contributed by atoms with van der Waals surface area (Å²) in [5.74, 6) is -3.27. The van der Waals surface area contributed by atoms with Crippen molar-refractivity contribution in [2.75, 3.05) is 0 Å². The van der Waals surface area contributed by atoms with Gasteiger partial charge < -0.3 is 5.11 Å². The number of carbonyl (C=O) groups excluding carboxylic acids is 3. The van der Waals surface area contributed by atoms with Gasteiger partial charge in [0.25, 0.3) is 0 Å². The van der Waals surface area contributed by atoms with Crippen molar-refractivity contribution in [3.8, 4) is 0 Å². The maximum Gasteiger partial charge on any atom is 0.218 e. The van der Waals surface area contributed by atoms with Crippen LogP contribution in [-0.2, 0) is 14.4 Å². The van der Waals surface area contributed by atoms with E-state index in [4.69, 9.17) is 0 Å². The van der Waals surface area contributed by atoms with Crippen LogP contribution in [0.1, 0.15) is 40.0 Å². The summed E-state index contributed by atoms with van der Waals surface area (Å²) < 4.78 is 31.9. The van der Waals surface area contributed by atoms with E-state index in [1.807, 2.05) is 0 Å². The zero-order chi connectivity index (χ0) is 20.9. The molecule has 152 valence electrons. The van der Waals surface area contributed by atoms with E-state index in [1.165, 1.54) is 19.1 Å². The number of hydrogen-bond acceptors (Lipinski definition) is 4. The summed E-state index contributed by atoms with van der Waals surface area (Å²) in [5.41, 5.74) is -7.04. The van der Waals surface area contributed by atoms with Gasteiger partial charge in [-0.15, -0.1) is 12.6 Å². The SMILES string of the molecule is CC1CC2C3CC(F)C4=CC(=O)C=CC4(C)C3(F)C(=O)CC2(C)C1(O)C(=O)S. The van der Waals surface area contributed by atoms with Gasteiger partial charge in [0.15, 0.2) is 17.2 Å². The fourth-order valence-electron chi connectivity index (χ4n) is 6.73. The standard InChI is InChI=1S/C21H24F2O4S/c1-10-6-12-13-8-15(22)14-7-11(24)4-5-18(14,2)20(13,23)16(25)9-19(12,3)21(10,27)17(26)28/h4-5,7,10,12-13,15,27H,6,8-9H2,1-3H3,(H,26,28). The fraction of sp³-hybridized carbons (Fsp3) is 0.667. The number of ketones is 2. The maximum atomic E-state index is 16.7. The smallest absolute Gasteiger partial charge is 0.218 e. The molecule has 0 aliphatic heterocycles. The van der Waals surface area contributed by atoms with E-state index in [0.717, 1.165) is 6.08 Å². The third kappa shape index (κ3) is 1.97. The fourth-order valence-corrected chi connectivity index (χ4v) is 7.20. The van der Waals surface area contributed by atoms with Crippen LogP contribution in [0.3, 0.4) is 0 Å². The molecule has 7 heteroatoms. The molecule has 0 aromatic carbocycles. The molecule has 3 fully saturated rings. The molecule has 0 heterocycles. The molecule has 1 N–H and O–H groups in total. The van der Waals surface area contributed by atoms with E-state index < -0.39 is 62.7 Å². The van der Waals surface area contributed by atoms with Crippen LogP contribution in [0, 0.1) is 28.6 Å². The zero-order valence-electron chi connectivity index (χ0n) is 16.0. The van der Waals surface area contributed by atoms with Crippen LogP contribution in [-0.4, -0.2) is 39.2 Å². The van der Waals surface area contributed by atoms with Gasteiger partial charge in [-0.05, 0) is 49.3 Å². The molecule has 8 atom stereocenters. The summed E-state index contributed by atoms with van der Waals surface area (Å²) in [7, 11) is 0. The molecule has 0 amide bonds. The van der Waals surface area contributed by atoms with Crippen molar-refractivity contribution in [1.29, 1.82) is 0 Å². The van der Waals surface area contributed by atoms with E-state index in [1.54, 1.807) is 13.8 Å². The Kier molecular flexibility index (Phi) is 4.01. The number of Topliss-reactive ketones (excluding diaryl/α,β-unsaturated/α-hetero) is 1. The highest BCUT2D eigenvalue weighted by Gasteiger charge is 2.76. The van der Waals surface area contributed by atoms with E-state index in [0.29, 0.717) is 6.42 Å². The first-order valence-electron chi connectivity index (χ1n) is 9.61. The number of fused-ring (bicyclic) bond motifs is 5. The van der Waals surface area contributed by atoms with Gasteiger partial charge in [-0.3, -0.25) is 14.4 Å². The second kappa shape index (κ2) is 5.63. The quantitative estimate of drug-likeness (QED) is 0.652. The van der Waals surface area contributed by atoms with Crippen LogP contribution in [0.5, 0.6) is 0 Å². The molecule has 0 radical (unpaired) electrons. The lowest BCUT2D eigenvalue weighted by atomic mass is 9.45. The van der Waals surface area contributed by atoms with Crippen LogP contribution in [0.4, 0.5) is 8.78 Å². The molecule has 0 spiro atoms. The Hall–Kier alpha value is -1.34. The van der Waals surface area contributed by atoms with Crippen molar-refractivity contribution in [3.63, 3.8) is 0 Å². The van der Waals surface area contributed by atoms with Crippen molar-refractivity contribution in [3.05, 3.63) is 23.8 Å². The third-order valence-corrected chi connectivity index (χ3v) is 8.64. The average Bonchev–Trinajstić information content (AvgIpc) is 2.81. The van der Waals surface area contributed by atoms with Gasteiger partial charge in [0.1, 0.15) is 11.8 Å². The molecule has 0 aromatic heterocycles. The molecule has 28 heavy (non-hydrogen) atoms. The minimum Gasteiger partial charge on any atom is -0.380 e. The van der Waals surface area contributed by atoms with Crippen molar-refractivity contribution < 1.29 is 28.3 Å². The number of halogens is 2. The Morgan fingerprint density at radius 3 is 2.50 bits per heavy atom. The van der Waals surface area contributed by atoms with Crippen molar-refractivity contribution >= 4 is 29.3 Å². The molecule has 3 saturated carbocycles. The molecule has 4 aliphatic rings. The normalized spacial score (nSPS) is 52.6. The van der Waals surface area contributed by atoms with Crippen molar-refractivity contribution in [2.24, 2.45) is 28.6 Å². The number of allylic oxidation sites excluding steroid dienone is 4. The lowest BCUT2D eigenvalue weighted by Gasteiger charge is -2.60. The van der Waals surface area contributed by atoms with Crippen LogP contribution < -0.4 is 0 Å². The van der Waals surface area contributed by atoms with E-state index in [9.17, 15) is 19.5 Å². The lowest BCUT2D eigenvalue weighted by Crippen LogP contribution is -2.68. The third-order valence-electron chi connectivity index (χ3n) is 8.30. The predicted molar refractivity (Wildman–Crippen MR) is 101 cm³/mol. The summed E-state index contributed by atoms with van der Waals surface area (Å²) in [4.78, 5) is 37.3. The lowest BCUT2D eigenvalue weighted by molar-refractivity contribution is -0.185. The van der Waals surface area contributed by atoms with Gasteiger partial charge in [0.2, 0.25) is 5.12 Å². The molecular weight excluding hydrogens is 386 g/mol. The first-order chi connectivity index (χ1) is 12.8. The highest BCUT2D eigenvalue weighted by atomic mass is 32.1. The van der Waals surface area contributed by atoms with E-state index >= 15 is 8.78 Å². The number of alkyl halides is 2. The molecule has 0 aromatic rings. The summed E-state index contributed by atoms with van der Waals surface area (Å²) >= 11 is 3.87. The molecule has 4 rings (SSSR count). The minimum absolute atomic E-state index is 0.00211. The Bertz CT molecular complexity index is 868. The summed E-state index contributed by atoms with van der Waals surface area (Å²) in [6.45, 7) is 4.77. The summed E-state index contributed by atoms with van der Waals surface area (Å²) in [6.07, 6.45) is 1.75. The van der Waals surface area contributed by atoms with Gasteiger partial charge in [0.05, 0.1) is 5.41 Å². The first-order valence-corrected chi connectivity index (χ1v) is 10.1. The Morgan fingerprint density at radius 2 is 1.89 bits per heavy atom. The van der Waals surface area contributed by atoms with Crippen molar-refractivity contribution in [2.45, 2.75) is 57.5 Å². The van der Waals surface area contributed by atoms with Gasteiger partial charge in [-0.25, -0.2) is 8.78 Å². The highest BCUT2D eigenvalue weighted by molar-refractivity contribution is 7.96. The number of rotatable bonds is 1. The molecule has 8 unspecified atom stereocenters. The first kappa shape index (κ1) is 20.0. The number of hydrogen-bond donors (Lipinski definition) is 2. The van der Waals surface area contributed by atoms with Crippen LogP contribution in [0.25, 0.3) is 0 Å². The number of carbonyl (C=O) groups is 3. The van der Waals surface area contributed by atoms with Gasteiger partial charge >= 0.3 is 0 Å². The second-order valence-corrected chi connectivity index (χ2v) is 9.80. The van der Waals surface area contributed by atoms with Gasteiger partial charge in [-0.1, -0.05) is 19.9 Å². The van der Waals surface area contributed by atoms with E-state index in [2.05, 4.69) is 12.6 Å². The topological polar surface area (TPSA) is 71.4 Å². The van der Waals surface area contributed by atoms with E-state index in [-0.39, 0.29) is 18.4 Å². The van der Waals surface area contributed by atoms with Crippen molar-refractivity contribution in [1.82, 2.24) is 0 Å². The Balaban J connectivity index is 1.90. The Labute approximate surface area is 167 Å². The molecule has 4 aliphatic carbocycles. The monoisotopic (exact) mass is 410 g/mol. The van der Waals surface area contributed by atoms with Crippen LogP contribution in [0.15, 0.2) is 23.8 Å². The zero-order valence-corrected chi connectivity index (χ0v) is 16.9. The highest BCUT2D eigenvalue weighted by Crippen LogP contribution is 2.70. The second-order valence-electron chi connectivity index (χ2n) is 9.39. The van der Waals surface area contributed by atoms with Crippen LogP contribution >= 0.6 is 12.6 Å². The van der Waals surface area contributed by atoms with Crippen LogP contribution in [0.2, 0.25) is 0 Å². The maximum absolute atomic E-state index is 16.7. The molecule has 0 saturated heterocycles.